The number of rotatable bonds is 10. The lowest BCUT2D eigenvalue weighted by Crippen LogP contribution is -2.42. The second-order valence-electron chi connectivity index (χ2n) is 4.67. The van der Waals surface area contributed by atoms with Crippen molar-refractivity contribution in [2.75, 3.05) is 23.9 Å². The molecule has 1 unspecified atom stereocenters. The third kappa shape index (κ3) is 11.8. The molecule has 0 spiro atoms. The summed E-state index contributed by atoms with van der Waals surface area (Å²) in [4.78, 5) is 11.5. The van der Waals surface area contributed by atoms with Crippen LogP contribution in [0.4, 0.5) is 13.2 Å². The fourth-order valence-electron chi connectivity index (χ4n) is 1.47. The maximum absolute atomic E-state index is 12.0. The molecule has 0 aromatic rings. The van der Waals surface area contributed by atoms with Crippen molar-refractivity contribution in [2.24, 2.45) is 5.73 Å². The highest BCUT2D eigenvalue weighted by molar-refractivity contribution is 7.92. The van der Waals surface area contributed by atoms with Crippen molar-refractivity contribution in [2.45, 2.75) is 37.9 Å². The molecule has 0 aliphatic rings. The molecule has 2 atom stereocenters. The molecule has 21 heavy (non-hydrogen) atoms. The minimum Gasteiger partial charge on any atom is -0.355 e. The summed E-state index contributed by atoms with van der Waals surface area (Å²) in [6, 6.07) is -0.922. The summed E-state index contributed by atoms with van der Waals surface area (Å²) in [6.07, 6.45) is -5.14. The van der Waals surface area contributed by atoms with Crippen molar-refractivity contribution in [3.8, 4) is 0 Å². The van der Waals surface area contributed by atoms with E-state index in [0.29, 0.717) is 18.8 Å². The lowest BCUT2D eigenvalue weighted by molar-refractivity contribution is -0.134. The predicted molar refractivity (Wildman–Crippen MR) is 76.8 cm³/mol. The van der Waals surface area contributed by atoms with Gasteiger partial charge in [0.15, 0.2) is 0 Å². The average Bonchev–Trinajstić information content (AvgIpc) is 2.34. The molecule has 0 saturated heterocycles. The monoisotopic (exact) mass is 351 g/mol. The van der Waals surface area contributed by atoms with Crippen LogP contribution in [0, 0.1) is 4.78 Å². The zero-order chi connectivity index (χ0) is 16.5. The standard InChI is InChI=1S/C11H21ClF3N3O2S/c12-5-2-6-18-10(19)9(16)3-8-21(17,20)7-1-4-11(13,14)15/h9,17H,1-8,16H2,(H,18,19)/t9-,21?/m0/s1. The van der Waals surface area contributed by atoms with Crippen LogP contribution in [-0.4, -0.2) is 46.3 Å². The molecule has 0 heterocycles. The van der Waals surface area contributed by atoms with Gasteiger partial charge in [0.25, 0.3) is 0 Å². The molecular weight excluding hydrogens is 331 g/mol. The van der Waals surface area contributed by atoms with E-state index >= 15 is 0 Å². The zero-order valence-electron chi connectivity index (χ0n) is 11.5. The Morgan fingerprint density at radius 2 is 1.95 bits per heavy atom. The van der Waals surface area contributed by atoms with Crippen LogP contribution < -0.4 is 11.1 Å². The highest BCUT2D eigenvalue weighted by Gasteiger charge is 2.27. The van der Waals surface area contributed by atoms with Gasteiger partial charge < -0.3 is 11.1 Å². The Morgan fingerprint density at radius 1 is 1.33 bits per heavy atom. The van der Waals surface area contributed by atoms with Crippen molar-refractivity contribution >= 4 is 27.2 Å². The van der Waals surface area contributed by atoms with Crippen LogP contribution in [0.3, 0.4) is 0 Å². The predicted octanol–water partition coefficient (Wildman–Crippen LogP) is 1.84. The van der Waals surface area contributed by atoms with Gasteiger partial charge in [-0.2, -0.15) is 13.2 Å². The summed E-state index contributed by atoms with van der Waals surface area (Å²) in [5.41, 5.74) is 5.57. The van der Waals surface area contributed by atoms with Crippen molar-refractivity contribution in [3.05, 3.63) is 0 Å². The first-order valence-electron chi connectivity index (χ1n) is 6.47. The van der Waals surface area contributed by atoms with E-state index < -0.39 is 34.3 Å². The van der Waals surface area contributed by atoms with Crippen LogP contribution in [-0.2, 0) is 14.5 Å². The first-order chi connectivity index (χ1) is 9.57. The molecule has 0 bridgehead atoms. The molecule has 0 aliphatic carbocycles. The van der Waals surface area contributed by atoms with E-state index in [4.69, 9.17) is 22.1 Å². The highest BCUT2D eigenvalue weighted by atomic mass is 35.5. The maximum Gasteiger partial charge on any atom is 0.389 e. The van der Waals surface area contributed by atoms with Crippen molar-refractivity contribution in [1.82, 2.24) is 5.32 Å². The Morgan fingerprint density at radius 3 is 2.48 bits per heavy atom. The van der Waals surface area contributed by atoms with Gasteiger partial charge in [-0.05, 0) is 19.3 Å². The number of halogens is 4. The second kappa shape index (κ2) is 9.47. The number of hydrogen-bond donors (Lipinski definition) is 3. The largest absolute Gasteiger partial charge is 0.389 e. The van der Waals surface area contributed by atoms with Gasteiger partial charge in [0.1, 0.15) is 0 Å². The first kappa shape index (κ1) is 20.5. The lowest BCUT2D eigenvalue weighted by atomic mass is 10.2. The molecule has 0 aromatic heterocycles. The molecule has 126 valence electrons. The smallest absolute Gasteiger partial charge is 0.355 e. The molecule has 0 aliphatic heterocycles. The summed E-state index contributed by atoms with van der Waals surface area (Å²) < 4.78 is 55.1. The molecule has 5 nitrogen and oxygen atoms in total. The van der Waals surface area contributed by atoms with E-state index in [2.05, 4.69) is 5.32 Å². The fraction of sp³-hybridized carbons (Fsp3) is 0.909. The number of nitrogens with one attached hydrogen (secondary N) is 2. The molecule has 0 saturated carbocycles. The molecule has 0 fully saturated rings. The van der Waals surface area contributed by atoms with Crippen molar-refractivity contribution < 1.29 is 22.2 Å². The van der Waals surface area contributed by atoms with Crippen LogP contribution in [0.15, 0.2) is 0 Å². The van der Waals surface area contributed by atoms with E-state index in [0.717, 1.165) is 0 Å². The van der Waals surface area contributed by atoms with E-state index in [1.54, 1.807) is 0 Å². The average molecular weight is 352 g/mol. The van der Waals surface area contributed by atoms with E-state index in [-0.39, 0.29) is 24.3 Å². The van der Waals surface area contributed by atoms with Crippen LogP contribution in [0.2, 0.25) is 0 Å². The van der Waals surface area contributed by atoms with E-state index in [9.17, 15) is 22.2 Å². The SMILES string of the molecule is N=S(=O)(CCCC(F)(F)F)CC[C@H](N)C(=O)NCCCCl. The number of carbonyl (C=O) groups excluding carboxylic acids is 1. The van der Waals surface area contributed by atoms with Gasteiger partial charge in [0.05, 0.1) is 6.04 Å². The van der Waals surface area contributed by atoms with Crippen LogP contribution in [0.25, 0.3) is 0 Å². The molecule has 0 radical (unpaired) electrons. The van der Waals surface area contributed by atoms with Gasteiger partial charge in [-0.25, -0.2) is 4.21 Å². The zero-order valence-corrected chi connectivity index (χ0v) is 13.1. The van der Waals surface area contributed by atoms with Gasteiger partial charge in [0, 0.05) is 40.1 Å². The minimum absolute atomic E-state index is 0.00105. The number of hydrogen-bond acceptors (Lipinski definition) is 4. The normalized spacial score (nSPS) is 16.2. The number of nitrogens with two attached hydrogens (primary N) is 1. The Labute approximate surface area is 127 Å². The third-order valence-corrected chi connectivity index (χ3v) is 4.75. The maximum atomic E-state index is 12.0. The molecule has 1 amide bonds. The number of amides is 1. The molecule has 10 heteroatoms. The van der Waals surface area contributed by atoms with Gasteiger partial charge >= 0.3 is 6.18 Å². The van der Waals surface area contributed by atoms with Gasteiger partial charge in [-0.3, -0.25) is 9.57 Å². The van der Waals surface area contributed by atoms with E-state index in [1.165, 1.54) is 0 Å². The number of carbonyl (C=O) groups is 1. The quantitative estimate of drug-likeness (QED) is 0.414. The van der Waals surface area contributed by atoms with Crippen LogP contribution >= 0.6 is 11.6 Å². The van der Waals surface area contributed by atoms with Crippen molar-refractivity contribution in [1.29, 1.82) is 4.78 Å². The van der Waals surface area contributed by atoms with Crippen LogP contribution in [0.5, 0.6) is 0 Å². The Balaban J connectivity index is 4.04. The van der Waals surface area contributed by atoms with E-state index in [1.807, 2.05) is 0 Å². The first-order valence-corrected chi connectivity index (χ1v) is 8.90. The minimum atomic E-state index is -4.31. The third-order valence-electron chi connectivity index (χ3n) is 2.64. The lowest BCUT2D eigenvalue weighted by Gasteiger charge is -2.13. The van der Waals surface area contributed by atoms with Gasteiger partial charge in [-0.1, -0.05) is 0 Å². The molecule has 4 N–H and O–H groups in total. The van der Waals surface area contributed by atoms with Gasteiger partial charge in [0.2, 0.25) is 5.91 Å². The second-order valence-corrected chi connectivity index (χ2v) is 7.49. The summed E-state index contributed by atoms with van der Waals surface area (Å²) >= 11 is 5.44. The number of alkyl halides is 4. The summed E-state index contributed by atoms with van der Waals surface area (Å²) in [7, 11) is -3.14. The summed E-state index contributed by atoms with van der Waals surface area (Å²) in [5.74, 6) is -0.567. The Hall–Kier alpha value is -0.540. The molecule has 0 aromatic carbocycles. The molecule has 0 rings (SSSR count). The molecular formula is C11H21ClF3N3O2S. The van der Waals surface area contributed by atoms with Gasteiger partial charge in [-0.15, -0.1) is 11.6 Å². The van der Waals surface area contributed by atoms with Crippen LogP contribution in [0.1, 0.15) is 25.7 Å². The Bertz CT molecular complexity index is 415. The summed E-state index contributed by atoms with van der Waals surface area (Å²) in [5, 5.41) is 2.53. The Kier molecular flexibility index (Phi) is 9.23. The summed E-state index contributed by atoms with van der Waals surface area (Å²) in [6.45, 7) is 0.373. The fourth-order valence-corrected chi connectivity index (χ4v) is 3.05. The topological polar surface area (TPSA) is 96.0 Å². The van der Waals surface area contributed by atoms with Crippen molar-refractivity contribution in [3.63, 3.8) is 0 Å². The highest BCUT2D eigenvalue weighted by Crippen LogP contribution is 2.21.